The Hall–Kier alpha value is -6.58. The Morgan fingerprint density at radius 1 is 0.388 bits per heavy atom. The van der Waals surface area contributed by atoms with Gasteiger partial charge in [0.2, 0.25) is 0 Å². The summed E-state index contributed by atoms with van der Waals surface area (Å²) < 4.78 is 8.91. The van der Waals surface area contributed by atoms with E-state index in [0.29, 0.717) is 0 Å². The summed E-state index contributed by atoms with van der Waals surface area (Å²) in [5.41, 5.74) is 10.9. The van der Waals surface area contributed by atoms with Gasteiger partial charge in [0, 0.05) is 50.1 Å². The van der Waals surface area contributed by atoms with Crippen LogP contribution >= 0.6 is 0 Å². The summed E-state index contributed by atoms with van der Waals surface area (Å²) in [6, 6.07) is 64.9. The molecular weight excluding hydrogens is 597 g/mol. The molecule has 3 nitrogen and oxygen atoms in total. The first-order chi connectivity index (χ1) is 24.3. The van der Waals surface area contributed by atoms with E-state index in [9.17, 15) is 0 Å². The molecule has 0 N–H and O–H groups in total. The summed E-state index contributed by atoms with van der Waals surface area (Å²) in [6.07, 6.45) is 0. The highest BCUT2D eigenvalue weighted by Gasteiger charge is 2.22. The maximum atomic E-state index is 6.55. The SMILES string of the molecule is c1ccc(-c2ccc(N(c3ccc4c(c3)c3ccccc3n4-c3ccccc3)c3cc4oc5ccccc5c4c4ccccc34)cc2)cc1. The lowest BCUT2D eigenvalue weighted by molar-refractivity contribution is 0.669. The maximum Gasteiger partial charge on any atom is 0.138 e. The molecule has 10 aromatic rings. The van der Waals surface area contributed by atoms with Crippen molar-refractivity contribution >= 4 is 71.6 Å². The molecule has 8 aromatic carbocycles. The monoisotopic (exact) mass is 626 g/mol. The van der Waals surface area contributed by atoms with Crippen LogP contribution in [0.5, 0.6) is 0 Å². The molecule has 2 heterocycles. The molecule has 0 spiro atoms. The molecule has 49 heavy (non-hydrogen) atoms. The van der Waals surface area contributed by atoms with Gasteiger partial charge in [0.15, 0.2) is 0 Å². The molecule has 0 aliphatic carbocycles. The molecule has 0 fully saturated rings. The van der Waals surface area contributed by atoms with Crippen molar-refractivity contribution in [2.45, 2.75) is 0 Å². The molecular formula is C46H30N2O. The average molecular weight is 627 g/mol. The fourth-order valence-corrected chi connectivity index (χ4v) is 7.57. The summed E-state index contributed by atoms with van der Waals surface area (Å²) in [5, 5.41) is 7.05. The van der Waals surface area contributed by atoms with Crippen molar-refractivity contribution in [2.24, 2.45) is 0 Å². The smallest absolute Gasteiger partial charge is 0.138 e. The number of rotatable bonds is 5. The van der Waals surface area contributed by atoms with Gasteiger partial charge >= 0.3 is 0 Å². The number of nitrogens with zero attached hydrogens (tertiary/aromatic N) is 2. The molecule has 2 aromatic heterocycles. The van der Waals surface area contributed by atoms with E-state index in [1.165, 1.54) is 43.7 Å². The molecule has 10 rings (SSSR count). The zero-order chi connectivity index (χ0) is 32.3. The zero-order valence-electron chi connectivity index (χ0n) is 26.6. The van der Waals surface area contributed by atoms with E-state index >= 15 is 0 Å². The second-order valence-electron chi connectivity index (χ2n) is 12.6. The standard InChI is InChI=1S/C46H30N2O/c1-3-13-31(14-4-1)32-23-25-34(26-24-32)47(43-30-45-46(38-19-8-7-17-36(38)43)39-20-10-12-22-44(39)49-45)35-27-28-42-40(29-35)37-18-9-11-21-41(37)48(42)33-15-5-2-6-16-33/h1-30H. The van der Waals surface area contributed by atoms with Gasteiger partial charge in [0.25, 0.3) is 0 Å². The van der Waals surface area contributed by atoms with Crippen molar-refractivity contribution in [3.63, 3.8) is 0 Å². The molecule has 0 aliphatic heterocycles. The third kappa shape index (κ3) is 4.37. The van der Waals surface area contributed by atoms with Crippen molar-refractivity contribution < 1.29 is 4.42 Å². The van der Waals surface area contributed by atoms with E-state index < -0.39 is 0 Å². The molecule has 0 bridgehead atoms. The molecule has 3 heteroatoms. The van der Waals surface area contributed by atoms with Crippen molar-refractivity contribution in [3.05, 3.63) is 182 Å². The van der Waals surface area contributed by atoms with E-state index in [-0.39, 0.29) is 0 Å². The van der Waals surface area contributed by atoms with Crippen LogP contribution < -0.4 is 4.90 Å². The maximum absolute atomic E-state index is 6.55. The van der Waals surface area contributed by atoms with Gasteiger partial charge in [-0.05, 0) is 71.1 Å². The van der Waals surface area contributed by atoms with E-state index in [4.69, 9.17) is 4.42 Å². The number of hydrogen-bond acceptors (Lipinski definition) is 2. The van der Waals surface area contributed by atoms with Crippen molar-refractivity contribution in [3.8, 4) is 16.8 Å². The van der Waals surface area contributed by atoms with Crippen LogP contribution in [-0.2, 0) is 0 Å². The Morgan fingerprint density at radius 3 is 1.78 bits per heavy atom. The van der Waals surface area contributed by atoms with Crippen LogP contribution in [0.15, 0.2) is 186 Å². The van der Waals surface area contributed by atoms with Gasteiger partial charge in [0.05, 0.1) is 16.7 Å². The minimum absolute atomic E-state index is 0.877. The number of furan rings is 1. The lowest BCUT2D eigenvalue weighted by Gasteiger charge is -2.27. The summed E-state index contributed by atoms with van der Waals surface area (Å²) in [7, 11) is 0. The van der Waals surface area contributed by atoms with Gasteiger partial charge < -0.3 is 13.9 Å². The third-order valence-electron chi connectivity index (χ3n) is 9.77. The molecule has 0 saturated heterocycles. The number of aromatic nitrogens is 1. The highest BCUT2D eigenvalue weighted by molar-refractivity contribution is 6.22. The molecule has 0 unspecified atom stereocenters. The Bertz CT molecular complexity index is 2810. The molecule has 0 amide bonds. The Kier molecular flexibility index (Phi) is 6.18. The minimum Gasteiger partial charge on any atom is -0.456 e. The first kappa shape index (κ1) is 27.5. The fourth-order valence-electron chi connectivity index (χ4n) is 7.57. The summed E-state index contributed by atoms with van der Waals surface area (Å²) in [5.74, 6) is 0. The normalized spacial score (nSPS) is 11.7. The Labute approximate surface area is 283 Å². The number of fused-ring (bicyclic) bond motifs is 8. The van der Waals surface area contributed by atoms with Gasteiger partial charge in [-0.3, -0.25) is 0 Å². The quantitative estimate of drug-likeness (QED) is 0.190. The first-order valence-electron chi connectivity index (χ1n) is 16.7. The molecule has 0 saturated carbocycles. The molecule has 0 atom stereocenters. The van der Waals surface area contributed by atoms with E-state index in [0.717, 1.165) is 44.7 Å². The van der Waals surface area contributed by atoms with Gasteiger partial charge in [-0.25, -0.2) is 0 Å². The predicted molar refractivity (Wildman–Crippen MR) is 206 cm³/mol. The van der Waals surface area contributed by atoms with Crippen LogP contribution in [0.25, 0.3) is 71.3 Å². The third-order valence-corrected chi connectivity index (χ3v) is 9.77. The van der Waals surface area contributed by atoms with Crippen molar-refractivity contribution in [1.82, 2.24) is 4.57 Å². The number of hydrogen-bond donors (Lipinski definition) is 0. The average Bonchev–Trinajstić information content (AvgIpc) is 3.71. The Balaban J connectivity index is 1.25. The second kappa shape index (κ2) is 11.0. The highest BCUT2D eigenvalue weighted by Crippen LogP contribution is 2.46. The molecule has 0 radical (unpaired) electrons. The van der Waals surface area contributed by atoms with Crippen LogP contribution in [0.3, 0.4) is 0 Å². The van der Waals surface area contributed by atoms with Crippen molar-refractivity contribution in [1.29, 1.82) is 0 Å². The van der Waals surface area contributed by atoms with Gasteiger partial charge in [-0.1, -0.05) is 121 Å². The lowest BCUT2D eigenvalue weighted by atomic mass is 10.00. The van der Waals surface area contributed by atoms with E-state index in [1.54, 1.807) is 0 Å². The van der Waals surface area contributed by atoms with Crippen LogP contribution in [0.2, 0.25) is 0 Å². The summed E-state index contributed by atoms with van der Waals surface area (Å²) in [4.78, 5) is 2.39. The second-order valence-corrected chi connectivity index (χ2v) is 12.6. The predicted octanol–water partition coefficient (Wildman–Crippen LogP) is 13.0. The highest BCUT2D eigenvalue weighted by atomic mass is 16.3. The summed E-state index contributed by atoms with van der Waals surface area (Å²) in [6.45, 7) is 0. The molecule has 230 valence electrons. The largest absolute Gasteiger partial charge is 0.456 e. The zero-order valence-corrected chi connectivity index (χ0v) is 26.6. The van der Waals surface area contributed by atoms with Crippen LogP contribution in [-0.4, -0.2) is 4.57 Å². The van der Waals surface area contributed by atoms with Gasteiger partial charge in [-0.2, -0.15) is 0 Å². The lowest BCUT2D eigenvalue weighted by Crippen LogP contribution is -2.10. The van der Waals surface area contributed by atoms with E-state index in [2.05, 4.69) is 185 Å². The number of anilines is 3. The Morgan fingerprint density at radius 2 is 0.980 bits per heavy atom. The fraction of sp³-hybridized carbons (Fsp3) is 0. The molecule has 0 aliphatic rings. The minimum atomic E-state index is 0.877. The van der Waals surface area contributed by atoms with Crippen molar-refractivity contribution in [2.75, 3.05) is 4.90 Å². The van der Waals surface area contributed by atoms with Crippen LogP contribution in [0.1, 0.15) is 0 Å². The topological polar surface area (TPSA) is 21.3 Å². The van der Waals surface area contributed by atoms with Crippen LogP contribution in [0.4, 0.5) is 17.1 Å². The van der Waals surface area contributed by atoms with Gasteiger partial charge in [0.1, 0.15) is 11.2 Å². The number of benzene rings is 8. The van der Waals surface area contributed by atoms with E-state index in [1.807, 2.05) is 6.07 Å². The first-order valence-corrected chi connectivity index (χ1v) is 16.7. The van der Waals surface area contributed by atoms with Crippen LogP contribution in [0, 0.1) is 0 Å². The summed E-state index contributed by atoms with van der Waals surface area (Å²) >= 11 is 0. The van der Waals surface area contributed by atoms with Gasteiger partial charge in [-0.15, -0.1) is 0 Å². The number of para-hydroxylation sites is 3.